The van der Waals surface area contributed by atoms with Crippen LogP contribution in [0.4, 0.5) is 5.82 Å². The molecule has 132 valence electrons. The molecule has 1 aliphatic heterocycles. The lowest BCUT2D eigenvalue weighted by molar-refractivity contribution is 0.490. The highest BCUT2D eigenvalue weighted by molar-refractivity contribution is 5.59. The third-order valence-corrected chi connectivity index (χ3v) is 5.43. The molecule has 6 heteroatoms. The van der Waals surface area contributed by atoms with Crippen molar-refractivity contribution in [3.05, 3.63) is 53.9 Å². The van der Waals surface area contributed by atoms with Crippen LogP contribution in [-0.4, -0.2) is 38.0 Å². The average Bonchev–Trinajstić information content (AvgIpc) is 3.40. The Bertz CT molecular complexity index is 890. The lowest BCUT2D eigenvalue weighted by Crippen LogP contribution is -2.36. The maximum atomic E-state index is 4.98. The molecular weight excluding hydrogens is 324 g/mol. The van der Waals surface area contributed by atoms with E-state index in [0.717, 1.165) is 61.9 Å². The van der Waals surface area contributed by atoms with E-state index in [2.05, 4.69) is 19.9 Å². The molecule has 26 heavy (non-hydrogen) atoms. The molecule has 4 heterocycles. The number of pyridine rings is 1. The Kier molecular flexibility index (Phi) is 3.88. The van der Waals surface area contributed by atoms with Crippen molar-refractivity contribution >= 4 is 5.82 Å². The number of hydrogen-bond acceptors (Lipinski definition) is 5. The van der Waals surface area contributed by atoms with Crippen molar-refractivity contribution in [2.24, 2.45) is 0 Å². The van der Waals surface area contributed by atoms with Gasteiger partial charge in [0.05, 0.1) is 0 Å². The zero-order valence-corrected chi connectivity index (χ0v) is 14.7. The Morgan fingerprint density at radius 1 is 1.04 bits per heavy atom. The molecule has 1 saturated heterocycles. The molecule has 6 nitrogen and oxygen atoms in total. The topological polar surface area (TPSA) is 70.6 Å². The van der Waals surface area contributed by atoms with Crippen LogP contribution >= 0.6 is 0 Å². The van der Waals surface area contributed by atoms with Crippen LogP contribution in [0, 0.1) is 0 Å². The normalized spacial score (nSPS) is 19.5. The lowest BCUT2D eigenvalue weighted by atomic mass is 9.97. The van der Waals surface area contributed by atoms with Gasteiger partial charge in [-0.2, -0.15) is 0 Å². The number of nitrogens with zero attached hydrogens (tertiary/aromatic N) is 5. The van der Waals surface area contributed by atoms with E-state index in [1.807, 2.05) is 30.6 Å². The Morgan fingerprint density at radius 2 is 2.04 bits per heavy atom. The van der Waals surface area contributed by atoms with E-state index in [-0.39, 0.29) is 0 Å². The third-order valence-electron chi connectivity index (χ3n) is 5.43. The SMILES string of the molecule is c1ccc(-c2nc3c(c(N4CCC[C@@H](c5ncc[nH]5)C4)n2)CCC3)nc1. The van der Waals surface area contributed by atoms with Crippen molar-refractivity contribution < 1.29 is 0 Å². The summed E-state index contributed by atoms with van der Waals surface area (Å²) in [4.78, 5) is 24.5. The van der Waals surface area contributed by atoms with Gasteiger partial charge in [-0.25, -0.2) is 15.0 Å². The van der Waals surface area contributed by atoms with Crippen LogP contribution in [0.2, 0.25) is 0 Å². The van der Waals surface area contributed by atoms with Gasteiger partial charge in [-0.3, -0.25) is 4.98 Å². The third kappa shape index (κ3) is 2.75. The van der Waals surface area contributed by atoms with Crippen LogP contribution < -0.4 is 4.90 Å². The fourth-order valence-corrected chi connectivity index (χ4v) is 4.18. The first kappa shape index (κ1) is 15.5. The zero-order valence-electron chi connectivity index (χ0n) is 14.7. The van der Waals surface area contributed by atoms with Crippen molar-refractivity contribution in [2.75, 3.05) is 18.0 Å². The molecule has 0 aromatic carbocycles. The fourth-order valence-electron chi connectivity index (χ4n) is 4.18. The van der Waals surface area contributed by atoms with Crippen LogP contribution in [0.1, 0.15) is 42.3 Å². The van der Waals surface area contributed by atoms with Gasteiger partial charge in [0.15, 0.2) is 5.82 Å². The first-order chi connectivity index (χ1) is 12.9. The van der Waals surface area contributed by atoms with E-state index in [4.69, 9.17) is 9.97 Å². The summed E-state index contributed by atoms with van der Waals surface area (Å²) in [5.74, 6) is 3.39. The standard InChI is InChI=1S/C20H22N6/c1-2-9-21-17(7-1)19-24-16-8-3-6-15(16)20(25-19)26-12-4-5-14(13-26)18-22-10-11-23-18/h1-2,7,9-11,14H,3-6,8,12-13H2,(H,22,23)/t14-/m1/s1. The number of fused-ring (bicyclic) bond motifs is 1. The number of rotatable bonds is 3. The van der Waals surface area contributed by atoms with Crippen LogP contribution in [0.5, 0.6) is 0 Å². The van der Waals surface area contributed by atoms with E-state index < -0.39 is 0 Å². The second kappa shape index (κ2) is 6.52. The molecule has 3 aromatic rings. The fraction of sp³-hybridized carbons (Fsp3) is 0.400. The van der Waals surface area contributed by atoms with Gasteiger partial charge >= 0.3 is 0 Å². The molecule has 0 radical (unpaired) electrons. The molecule has 0 saturated carbocycles. The number of aromatic amines is 1. The highest BCUT2D eigenvalue weighted by atomic mass is 15.2. The molecule has 2 aliphatic rings. The van der Waals surface area contributed by atoms with Crippen molar-refractivity contribution in [3.8, 4) is 11.5 Å². The van der Waals surface area contributed by atoms with Gasteiger partial charge < -0.3 is 9.88 Å². The van der Waals surface area contributed by atoms with Gasteiger partial charge in [0, 0.05) is 48.9 Å². The molecule has 5 rings (SSSR count). The summed E-state index contributed by atoms with van der Waals surface area (Å²) < 4.78 is 0. The number of nitrogens with one attached hydrogen (secondary N) is 1. The van der Waals surface area contributed by atoms with E-state index in [9.17, 15) is 0 Å². The first-order valence-corrected chi connectivity index (χ1v) is 9.44. The van der Waals surface area contributed by atoms with E-state index >= 15 is 0 Å². The van der Waals surface area contributed by atoms with E-state index in [1.54, 1.807) is 6.20 Å². The number of hydrogen-bond donors (Lipinski definition) is 1. The lowest BCUT2D eigenvalue weighted by Gasteiger charge is -2.34. The molecule has 0 unspecified atom stereocenters. The predicted octanol–water partition coefficient (Wildman–Crippen LogP) is 3.13. The minimum atomic E-state index is 0.434. The Morgan fingerprint density at radius 3 is 2.88 bits per heavy atom. The van der Waals surface area contributed by atoms with Crippen molar-refractivity contribution in [3.63, 3.8) is 0 Å². The predicted molar refractivity (Wildman–Crippen MR) is 100 cm³/mol. The smallest absolute Gasteiger partial charge is 0.180 e. The number of aromatic nitrogens is 5. The van der Waals surface area contributed by atoms with Crippen molar-refractivity contribution in [1.29, 1.82) is 0 Å². The van der Waals surface area contributed by atoms with Crippen LogP contribution in [0.15, 0.2) is 36.8 Å². The molecule has 1 N–H and O–H groups in total. The highest BCUT2D eigenvalue weighted by Crippen LogP contribution is 2.34. The summed E-state index contributed by atoms with van der Waals surface area (Å²) in [6.45, 7) is 2.00. The molecular formula is C20H22N6. The number of H-pyrrole nitrogens is 1. The molecule has 3 aromatic heterocycles. The second-order valence-electron chi connectivity index (χ2n) is 7.12. The van der Waals surface area contributed by atoms with Gasteiger partial charge in [-0.05, 0) is 44.2 Å². The Labute approximate surface area is 152 Å². The molecule has 1 aliphatic carbocycles. The maximum Gasteiger partial charge on any atom is 0.180 e. The zero-order chi connectivity index (χ0) is 17.3. The molecule has 0 bridgehead atoms. The Hall–Kier alpha value is -2.76. The maximum absolute atomic E-state index is 4.98. The number of aryl methyl sites for hydroxylation is 1. The molecule has 1 atom stereocenters. The van der Waals surface area contributed by atoms with Gasteiger partial charge in [0.2, 0.25) is 0 Å². The summed E-state index contributed by atoms with van der Waals surface area (Å²) in [5, 5.41) is 0. The van der Waals surface area contributed by atoms with Gasteiger partial charge in [-0.15, -0.1) is 0 Å². The molecule has 1 fully saturated rings. The van der Waals surface area contributed by atoms with Crippen molar-refractivity contribution in [2.45, 2.75) is 38.0 Å². The van der Waals surface area contributed by atoms with Crippen LogP contribution in [0.25, 0.3) is 11.5 Å². The quantitative estimate of drug-likeness (QED) is 0.789. The molecule has 0 spiro atoms. The van der Waals surface area contributed by atoms with Gasteiger partial charge in [0.25, 0.3) is 0 Å². The Balaban J connectivity index is 1.52. The summed E-state index contributed by atoms with van der Waals surface area (Å²) in [6, 6.07) is 5.91. The largest absolute Gasteiger partial charge is 0.356 e. The highest BCUT2D eigenvalue weighted by Gasteiger charge is 2.28. The molecule has 0 amide bonds. The van der Waals surface area contributed by atoms with E-state index in [0.29, 0.717) is 5.92 Å². The number of piperidine rings is 1. The number of anilines is 1. The van der Waals surface area contributed by atoms with Crippen molar-refractivity contribution in [1.82, 2.24) is 24.9 Å². The minimum Gasteiger partial charge on any atom is -0.356 e. The summed E-state index contributed by atoms with van der Waals surface area (Å²) in [6.07, 6.45) is 11.2. The minimum absolute atomic E-state index is 0.434. The second-order valence-corrected chi connectivity index (χ2v) is 7.12. The first-order valence-electron chi connectivity index (χ1n) is 9.44. The van der Waals surface area contributed by atoms with E-state index in [1.165, 1.54) is 17.7 Å². The monoisotopic (exact) mass is 346 g/mol. The van der Waals surface area contributed by atoms with Crippen LogP contribution in [-0.2, 0) is 12.8 Å². The summed E-state index contributed by atoms with van der Waals surface area (Å²) in [7, 11) is 0. The summed E-state index contributed by atoms with van der Waals surface area (Å²) in [5.41, 5.74) is 3.39. The summed E-state index contributed by atoms with van der Waals surface area (Å²) >= 11 is 0. The van der Waals surface area contributed by atoms with Gasteiger partial charge in [-0.1, -0.05) is 6.07 Å². The number of imidazole rings is 1. The average molecular weight is 346 g/mol. The van der Waals surface area contributed by atoms with Crippen LogP contribution in [0.3, 0.4) is 0 Å². The van der Waals surface area contributed by atoms with Gasteiger partial charge in [0.1, 0.15) is 17.3 Å².